The Morgan fingerprint density at radius 2 is 2.32 bits per heavy atom. The van der Waals surface area contributed by atoms with Gasteiger partial charge in [0, 0.05) is 12.7 Å². The third-order valence-electron chi connectivity index (χ3n) is 2.47. The van der Waals surface area contributed by atoms with Crippen molar-refractivity contribution in [2.45, 2.75) is 6.61 Å². The summed E-state index contributed by atoms with van der Waals surface area (Å²) in [6, 6.07) is 5.74. The number of aromatic nitrogens is 3. The standard InChI is InChI=1S/C12H14N4O2S/c1-17-7-10-5-9(3-4-11(10)18-2)6-14-16-8-13-15-12(16)19/h3-6,8H,7H2,1-2H3,(H,15,19)/b14-6+. The minimum absolute atomic E-state index is 0.446. The van der Waals surface area contributed by atoms with Crippen LogP contribution in [0.5, 0.6) is 5.75 Å². The summed E-state index contributed by atoms with van der Waals surface area (Å²) in [6.45, 7) is 0.482. The average Bonchev–Trinajstić information content (AvgIpc) is 2.82. The van der Waals surface area contributed by atoms with Gasteiger partial charge in [0.2, 0.25) is 4.77 Å². The Labute approximate surface area is 115 Å². The number of benzene rings is 1. The van der Waals surface area contributed by atoms with E-state index in [-0.39, 0.29) is 0 Å². The molecular formula is C12H14N4O2S. The highest BCUT2D eigenvalue weighted by molar-refractivity contribution is 7.71. The van der Waals surface area contributed by atoms with Crippen LogP contribution >= 0.6 is 12.2 Å². The molecule has 6 nitrogen and oxygen atoms in total. The summed E-state index contributed by atoms with van der Waals surface area (Å²) in [5.41, 5.74) is 1.89. The van der Waals surface area contributed by atoms with Gasteiger partial charge in [-0.05, 0) is 36.0 Å². The highest BCUT2D eigenvalue weighted by atomic mass is 32.1. The first-order chi connectivity index (χ1) is 9.24. The molecule has 0 bridgehead atoms. The summed E-state index contributed by atoms with van der Waals surface area (Å²) in [5.74, 6) is 0.791. The Morgan fingerprint density at radius 3 is 2.95 bits per heavy atom. The van der Waals surface area contributed by atoms with E-state index >= 15 is 0 Å². The number of hydrogen-bond acceptors (Lipinski definition) is 5. The number of H-pyrrole nitrogens is 1. The van der Waals surface area contributed by atoms with E-state index in [9.17, 15) is 0 Å². The maximum Gasteiger partial charge on any atom is 0.216 e. The predicted molar refractivity (Wildman–Crippen MR) is 74.1 cm³/mol. The zero-order valence-corrected chi connectivity index (χ0v) is 11.5. The molecule has 19 heavy (non-hydrogen) atoms. The normalized spacial score (nSPS) is 11.1. The smallest absolute Gasteiger partial charge is 0.216 e. The van der Waals surface area contributed by atoms with Gasteiger partial charge in [-0.3, -0.25) is 5.10 Å². The van der Waals surface area contributed by atoms with E-state index in [1.165, 1.54) is 11.0 Å². The van der Waals surface area contributed by atoms with Gasteiger partial charge in [-0.1, -0.05) is 0 Å². The Balaban J connectivity index is 2.26. The highest BCUT2D eigenvalue weighted by Gasteiger charge is 2.03. The first-order valence-corrected chi connectivity index (χ1v) is 5.97. The lowest BCUT2D eigenvalue weighted by Crippen LogP contribution is -1.96. The first kappa shape index (κ1) is 13.4. The van der Waals surface area contributed by atoms with Gasteiger partial charge in [-0.15, -0.1) is 0 Å². The van der Waals surface area contributed by atoms with Gasteiger partial charge in [0.25, 0.3) is 0 Å². The molecule has 0 spiro atoms. The van der Waals surface area contributed by atoms with E-state index in [0.29, 0.717) is 11.4 Å². The summed E-state index contributed by atoms with van der Waals surface area (Å²) in [4.78, 5) is 0. The van der Waals surface area contributed by atoms with Crippen molar-refractivity contribution in [1.82, 2.24) is 14.9 Å². The fourth-order valence-corrected chi connectivity index (χ4v) is 1.75. The average molecular weight is 278 g/mol. The second-order valence-corrected chi connectivity index (χ2v) is 4.14. The van der Waals surface area contributed by atoms with Gasteiger partial charge in [-0.2, -0.15) is 14.9 Å². The molecule has 2 aromatic rings. The van der Waals surface area contributed by atoms with E-state index in [4.69, 9.17) is 21.7 Å². The zero-order valence-electron chi connectivity index (χ0n) is 10.7. The molecule has 100 valence electrons. The lowest BCUT2D eigenvalue weighted by molar-refractivity contribution is 0.181. The van der Waals surface area contributed by atoms with E-state index < -0.39 is 0 Å². The highest BCUT2D eigenvalue weighted by Crippen LogP contribution is 2.19. The monoisotopic (exact) mass is 278 g/mol. The van der Waals surface area contributed by atoms with Crippen LogP contribution in [0.4, 0.5) is 0 Å². The van der Waals surface area contributed by atoms with Gasteiger partial charge in [0.1, 0.15) is 12.1 Å². The lowest BCUT2D eigenvalue weighted by atomic mass is 10.1. The van der Waals surface area contributed by atoms with Crippen LogP contribution in [0.1, 0.15) is 11.1 Å². The molecule has 7 heteroatoms. The molecule has 1 heterocycles. The Bertz CT molecular complexity index is 633. The van der Waals surface area contributed by atoms with Gasteiger partial charge in [0.05, 0.1) is 19.9 Å². The molecule has 0 amide bonds. The predicted octanol–water partition coefficient (Wildman–Crippen LogP) is 1.98. The van der Waals surface area contributed by atoms with E-state index in [2.05, 4.69) is 15.3 Å². The SMILES string of the molecule is COCc1cc(/C=N/n2cn[nH]c2=S)ccc1OC. The molecule has 0 radical (unpaired) electrons. The minimum atomic E-state index is 0.446. The molecule has 1 aromatic carbocycles. The summed E-state index contributed by atoms with van der Waals surface area (Å²) in [5, 5.41) is 10.6. The second kappa shape index (κ2) is 6.26. The molecular weight excluding hydrogens is 264 g/mol. The van der Waals surface area contributed by atoms with Crippen molar-refractivity contribution < 1.29 is 9.47 Å². The molecule has 1 N–H and O–H groups in total. The molecule has 2 rings (SSSR count). The first-order valence-electron chi connectivity index (χ1n) is 5.57. The van der Waals surface area contributed by atoms with Crippen LogP contribution in [0.15, 0.2) is 29.6 Å². The molecule has 0 aliphatic heterocycles. The molecule has 1 aromatic heterocycles. The van der Waals surface area contributed by atoms with Gasteiger partial charge in [-0.25, -0.2) is 0 Å². The van der Waals surface area contributed by atoms with Crippen molar-refractivity contribution >= 4 is 18.4 Å². The molecule has 0 saturated heterocycles. The number of nitrogens with one attached hydrogen (secondary N) is 1. The number of nitrogens with zero attached hydrogens (tertiary/aromatic N) is 3. The summed E-state index contributed by atoms with van der Waals surface area (Å²) in [7, 11) is 3.28. The molecule has 0 aliphatic carbocycles. The topological polar surface area (TPSA) is 64.4 Å². The molecule has 0 atom stereocenters. The minimum Gasteiger partial charge on any atom is -0.496 e. The number of ether oxygens (including phenoxy) is 2. The van der Waals surface area contributed by atoms with Crippen molar-refractivity contribution in [3.8, 4) is 5.75 Å². The van der Waals surface area contributed by atoms with Crippen LogP contribution in [-0.4, -0.2) is 35.3 Å². The quantitative estimate of drug-likeness (QED) is 0.671. The van der Waals surface area contributed by atoms with Crippen LogP contribution in [0.25, 0.3) is 0 Å². The van der Waals surface area contributed by atoms with Crippen LogP contribution in [-0.2, 0) is 11.3 Å². The maximum absolute atomic E-state index is 5.26. The van der Waals surface area contributed by atoms with Crippen molar-refractivity contribution in [2.75, 3.05) is 14.2 Å². The van der Waals surface area contributed by atoms with Crippen LogP contribution in [0, 0.1) is 4.77 Å². The van der Waals surface area contributed by atoms with E-state index in [1.54, 1.807) is 20.4 Å². The van der Waals surface area contributed by atoms with Crippen LogP contribution < -0.4 is 4.74 Å². The van der Waals surface area contributed by atoms with Gasteiger partial charge < -0.3 is 9.47 Å². The Morgan fingerprint density at radius 1 is 1.47 bits per heavy atom. The largest absolute Gasteiger partial charge is 0.496 e. The van der Waals surface area contributed by atoms with Crippen molar-refractivity contribution in [1.29, 1.82) is 0 Å². The fourth-order valence-electron chi connectivity index (χ4n) is 1.60. The van der Waals surface area contributed by atoms with Gasteiger partial charge in [0.15, 0.2) is 0 Å². The van der Waals surface area contributed by atoms with Crippen molar-refractivity contribution in [3.63, 3.8) is 0 Å². The van der Waals surface area contributed by atoms with Crippen molar-refractivity contribution in [3.05, 3.63) is 40.4 Å². The third kappa shape index (κ3) is 3.27. The van der Waals surface area contributed by atoms with Crippen molar-refractivity contribution in [2.24, 2.45) is 5.10 Å². The number of hydrogen-bond donors (Lipinski definition) is 1. The van der Waals surface area contributed by atoms with Gasteiger partial charge >= 0.3 is 0 Å². The summed E-state index contributed by atoms with van der Waals surface area (Å²) >= 11 is 5.00. The zero-order chi connectivity index (χ0) is 13.7. The summed E-state index contributed by atoms with van der Waals surface area (Å²) in [6.07, 6.45) is 3.21. The van der Waals surface area contributed by atoms with Crippen LogP contribution in [0.2, 0.25) is 0 Å². The molecule has 0 saturated carbocycles. The Kier molecular flexibility index (Phi) is 4.43. The second-order valence-electron chi connectivity index (χ2n) is 3.75. The maximum atomic E-state index is 5.26. The Hall–Kier alpha value is -1.99. The lowest BCUT2D eigenvalue weighted by Gasteiger charge is -2.08. The fraction of sp³-hybridized carbons (Fsp3) is 0.250. The third-order valence-corrected chi connectivity index (χ3v) is 2.75. The molecule has 0 fully saturated rings. The molecule has 0 unspecified atom stereocenters. The molecule has 0 aliphatic rings. The van der Waals surface area contributed by atoms with Crippen LogP contribution in [0.3, 0.4) is 0 Å². The van der Waals surface area contributed by atoms with E-state index in [1.807, 2.05) is 18.2 Å². The number of methoxy groups -OCH3 is 2. The van der Waals surface area contributed by atoms with E-state index in [0.717, 1.165) is 16.9 Å². The number of rotatable bonds is 5. The number of aromatic amines is 1. The summed E-state index contributed by atoms with van der Waals surface area (Å²) < 4.78 is 12.3.